The molecule has 0 bridgehead atoms. The van der Waals surface area contributed by atoms with E-state index in [2.05, 4.69) is 10.3 Å². The van der Waals surface area contributed by atoms with Gasteiger partial charge in [-0.2, -0.15) is 0 Å². The lowest BCUT2D eigenvalue weighted by Gasteiger charge is -2.31. The maximum absolute atomic E-state index is 14.3. The molecule has 2 aliphatic rings. The molecule has 2 fully saturated rings. The van der Waals surface area contributed by atoms with Crippen molar-refractivity contribution in [2.75, 3.05) is 0 Å². The van der Waals surface area contributed by atoms with Crippen molar-refractivity contribution in [1.82, 2.24) is 15.2 Å². The molecular weight excluding hydrogens is 401 g/mol. The zero-order chi connectivity index (χ0) is 22.2. The summed E-state index contributed by atoms with van der Waals surface area (Å²) in [5.41, 5.74) is 0.302. The number of nitrogens with one attached hydrogen (secondary N) is 1. The lowest BCUT2D eigenvalue weighted by atomic mass is 9.95. The van der Waals surface area contributed by atoms with E-state index in [0.717, 1.165) is 12.8 Å². The van der Waals surface area contributed by atoms with Gasteiger partial charge < -0.3 is 15.2 Å². The summed E-state index contributed by atoms with van der Waals surface area (Å²) >= 11 is 0. The van der Waals surface area contributed by atoms with Crippen molar-refractivity contribution in [3.63, 3.8) is 0 Å². The number of amides is 2. The molecule has 2 heterocycles. The quantitative estimate of drug-likeness (QED) is 0.737. The molecule has 0 radical (unpaired) electrons. The molecule has 31 heavy (non-hydrogen) atoms. The van der Waals surface area contributed by atoms with Gasteiger partial charge in [0.2, 0.25) is 0 Å². The van der Waals surface area contributed by atoms with E-state index in [4.69, 9.17) is 4.74 Å². The monoisotopic (exact) mass is 427 g/mol. The number of aromatic nitrogens is 1. The van der Waals surface area contributed by atoms with Gasteiger partial charge in [-0.15, -0.1) is 0 Å². The van der Waals surface area contributed by atoms with Gasteiger partial charge in [0.15, 0.2) is 0 Å². The van der Waals surface area contributed by atoms with Crippen molar-refractivity contribution >= 4 is 12.0 Å². The second kappa shape index (κ2) is 8.26. The summed E-state index contributed by atoms with van der Waals surface area (Å²) in [4.78, 5) is 30.4. The van der Waals surface area contributed by atoms with Crippen LogP contribution >= 0.6 is 0 Å². The summed E-state index contributed by atoms with van der Waals surface area (Å²) in [5.74, 6) is -0.581. The summed E-state index contributed by atoms with van der Waals surface area (Å²) in [6.07, 6.45) is 2.21. The molecule has 1 saturated heterocycles. The lowest BCUT2D eigenvalue weighted by molar-refractivity contribution is -0.0660. The zero-order valence-electron chi connectivity index (χ0n) is 17.5. The van der Waals surface area contributed by atoms with Crippen LogP contribution in [0.5, 0.6) is 0 Å². The minimum Gasteiger partial charge on any atom is -0.465 e. The minimum atomic E-state index is -1.14. The first-order chi connectivity index (χ1) is 14.8. The number of rotatable bonds is 6. The Hall–Kier alpha value is -3.00. The third kappa shape index (κ3) is 4.54. The van der Waals surface area contributed by atoms with Crippen molar-refractivity contribution in [1.29, 1.82) is 0 Å². The van der Waals surface area contributed by atoms with Crippen LogP contribution in [0.2, 0.25) is 0 Å². The van der Waals surface area contributed by atoms with Crippen LogP contribution in [0.1, 0.15) is 48.3 Å². The van der Waals surface area contributed by atoms with E-state index < -0.39 is 29.8 Å². The first kappa shape index (κ1) is 21.2. The van der Waals surface area contributed by atoms with Gasteiger partial charge in [0, 0.05) is 18.7 Å². The number of carbonyl (C=O) groups excluding carboxylic acids is 1. The molecule has 2 N–H and O–H groups in total. The Morgan fingerprint density at radius 1 is 1.23 bits per heavy atom. The fraction of sp³-hybridized carbons (Fsp3) is 0.435. The van der Waals surface area contributed by atoms with E-state index in [1.54, 1.807) is 50.4 Å². The summed E-state index contributed by atoms with van der Waals surface area (Å²) < 4.78 is 20.5. The third-order valence-corrected chi connectivity index (χ3v) is 5.82. The summed E-state index contributed by atoms with van der Waals surface area (Å²) in [6.45, 7) is 3.35. The molecule has 2 aromatic rings. The highest BCUT2D eigenvalue weighted by molar-refractivity contribution is 5.95. The minimum absolute atomic E-state index is 0.156. The van der Waals surface area contributed by atoms with Crippen LogP contribution < -0.4 is 5.32 Å². The van der Waals surface area contributed by atoms with Crippen molar-refractivity contribution in [3.8, 4) is 0 Å². The van der Waals surface area contributed by atoms with Crippen LogP contribution in [0.25, 0.3) is 0 Å². The number of benzene rings is 1. The average molecular weight is 427 g/mol. The van der Waals surface area contributed by atoms with Crippen molar-refractivity contribution in [2.24, 2.45) is 0 Å². The average Bonchev–Trinajstić information content (AvgIpc) is 3.48. The standard InChI is InChI=1S/C23H26FN3O4/c1-23(2)27(22(29)30)19(12-14-6-3-4-8-17(14)24)20(31-23)13-18-16(7-5-11-25-18)21(28)26-15-9-10-15/h3-8,11,15,19-20H,9-10,12-13H2,1-2H3,(H,26,28)(H,29,30)/t19-,20+/m1/s1. The van der Waals surface area contributed by atoms with Crippen LogP contribution in [0.15, 0.2) is 42.6 Å². The number of carboxylic acid groups (broad SMARTS) is 1. The molecule has 0 unspecified atom stereocenters. The highest BCUT2D eigenvalue weighted by Gasteiger charge is 2.50. The number of hydrogen-bond acceptors (Lipinski definition) is 4. The number of ether oxygens (including phenoxy) is 1. The van der Waals surface area contributed by atoms with E-state index in [-0.39, 0.29) is 24.8 Å². The Morgan fingerprint density at radius 3 is 2.65 bits per heavy atom. The van der Waals surface area contributed by atoms with E-state index in [0.29, 0.717) is 16.8 Å². The Balaban J connectivity index is 1.63. The molecule has 2 atom stereocenters. The molecule has 1 saturated carbocycles. The normalized spacial score (nSPS) is 22.4. The fourth-order valence-electron chi connectivity index (χ4n) is 4.22. The fourth-order valence-corrected chi connectivity index (χ4v) is 4.22. The van der Waals surface area contributed by atoms with Gasteiger partial charge in [0.05, 0.1) is 23.4 Å². The largest absolute Gasteiger partial charge is 0.465 e. The van der Waals surface area contributed by atoms with Crippen LogP contribution in [-0.2, 0) is 17.6 Å². The zero-order valence-corrected chi connectivity index (χ0v) is 17.5. The molecular formula is C23H26FN3O4. The Morgan fingerprint density at radius 2 is 1.97 bits per heavy atom. The molecule has 1 aliphatic carbocycles. The van der Waals surface area contributed by atoms with Crippen molar-refractivity contribution < 1.29 is 23.8 Å². The van der Waals surface area contributed by atoms with Crippen molar-refractivity contribution in [3.05, 3.63) is 65.2 Å². The van der Waals surface area contributed by atoms with E-state index in [1.807, 2.05) is 0 Å². The molecule has 1 aromatic carbocycles. The molecule has 7 nitrogen and oxygen atoms in total. The lowest BCUT2D eigenvalue weighted by Crippen LogP contribution is -2.48. The maximum atomic E-state index is 14.3. The molecule has 164 valence electrons. The van der Waals surface area contributed by atoms with Gasteiger partial charge in [0.25, 0.3) is 5.91 Å². The topological polar surface area (TPSA) is 91.8 Å². The molecule has 1 aromatic heterocycles. The van der Waals surface area contributed by atoms with Crippen molar-refractivity contribution in [2.45, 2.75) is 63.4 Å². The Kier molecular flexibility index (Phi) is 5.66. The highest BCUT2D eigenvalue weighted by Crippen LogP contribution is 2.36. The second-order valence-electron chi connectivity index (χ2n) is 8.57. The van der Waals surface area contributed by atoms with E-state index in [1.165, 1.54) is 11.0 Å². The second-order valence-corrected chi connectivity index (χ2v) is 8.57. The van der Waals surface area contributed by atoms with Gasteiger partial charge in [-0.3, -0.25) is 14.7 Å². The van der Waals surface area contributed by atoms with E-state index in [9.17, 15) is 19.1 Å². The van der Waals surface area contributed by atoms with Gasteiger partial charge in [0.1, 0.15) is 11.5 Å². The molecule has 0 spiro atoms. The highest BCUT2D eigenvalue weighted by atomic mass is 19.1. The van der Waals surface area contributed by atoms with Crippen LogP contribution in [-0.4, -0.2) is 50.9 Å². The Bertz CT molecular complexity index is 992. The van der Waals surface area contributed by atoms with Gasteiger partial charge >= 0.3 is 6.09 Å². The first-order valence-corrected chi connectivity index (χ1v) is 10.4. The van der Waals surface area contributed by atoms with Gasteiger partial charge in [-0.25, -0.2) is 9.18 Å². The molecule has 8 heteroatoms. The third-order valence-electron chi connectivity index (χ3n) is 5.82. The van der Waals surface area contributed by atoms with Gasteiger partial charge in [-0.05, 0) is 56.9 Å². The number of carbonyl (C=O) groups is 2. The van der Waals surface area contributed by atoms with Gasteiger partial charge in [-0.1, -0.05) is 18.2 Å². The first-order valence-electron chi connectivity index (χ1n) is 10.4. The number of nitrogens with zero attached hydrogens (tertiary/aromatic N) is 2. The SMILES string of the molecule is CC1(C)O[C@@H](Cc2ncccc2C(=O)NC2CC2)[C@@H](Cc2ccccc2F)N1C(=O)O. The summed E-state index contributed by atoms with van der Waals surface area (Å²) in [6, 6.07) is 9.30. The smallest absolute Gasteiger partial charge is 0.409 e. The summed E-state index contributed by atoms with van der Waals surface area (Å²) in [7, 11) is 0. The predicted molar refractivity (Wildman–Crippen MR) is 111 cm³/mol. The van der Waals surface area contributed by atoms with Crippen LogP contribution in [0.4, 0.5) is 9.18 Å². The predicted octanol–water partition coefficient (Wildman–Crippen LogP) is 3.38. The molecule has 4 rings (SSSR count). The maximum Gasteiger partial charge on any atom is 0.409 e. The van der Waals surface area contributed by atoms with Crippen LogP contribution in [0.3, 0.4) is 0 Å². The molecule has 1 aliphatic heterocycles. The number of hydrogen-bond donors (Lipinski definition) is 2. The number of pyridine rings is 1. The Labute approximate surface area is 180 Å². The van der Waals surface area contributed by atoms with Crippen LogP contribution in [0, 0.1) is 5.82 Å². The molecule has 2 amide bonds. The number of halogens is 1. The summed E-state index contributed by atoms with van der Waals surface area (Å²) in [5, 5.41) is 12.8. The van der Waals surface area contributed by atoms with E-state index >= 15 is 0 Å².